The number of benzene rings is 5. The lowest BCUT2D eigenvalue weighted by Crippen LogP contribution is -2.35. The number of nitrogens with zero attached hydrogens (tertiary/aromatic N) is 5. The number of rotatable bonds is 4. The van der Waals surface area contributed by atoms with Gasteiger partial charge in [-0.25, -0.2) is 20.0 Å². The van der Waals surface area contributed by atoms with Crippen LogP contribution in [0.25, 0.3) is 27.6 Å². The van der Waals surface area contributed by atoms with E-state index >= 15 is 0 Å². The normalized spacial score (nSPS) is 15.3. The minimum absolute atomic E-state index is 0.364. The molecule has 0 unspecified atom stereocenters. The maximum Gasteiger partial charge on any atom is 0.119 e. The SMILES string of the molecule is CC1=N/C=C/C=C=Cc2cccc(c2C)N=C1C1=Nc2cccc3cccc(c23)N=C1C(C=N)=Nc1cccc2ccccc12. The Labute approximate surface area is 261 Å². The van der Waals surface area contributed by atoms with Gasteiger partial charge in [0, 0.05) is 23.2 Å². The third kappa shape index (κ3) is 5.31. The van der Waals surface area contributed by atoms with Gasteiger partial charge in [0.15, 0.2) is 0 Å². The van der Waals surface area contributed by atoms with Crippen LogP contribution in [0, 0.1) is 12.3 Å². The Morgan fingerprint density at radius 3 is 2.27 bits per heavy atom. The Balaban J connectivity index is 1.54. The van der Waals surface area contributed by atoms with Gasteiger partial charge in [0.05, 0.1) is 28.5 Å². The largest absolute Gasteiger partial charge is 0.306 e. The molecule has 0 aromatic heterocycles. The molecule has 6 nitrogen and oxygen atoms in total. The first-order chi connectivity index (χ1) is 22.1. The minimum Gasteiger partial charge on any atom is -0.306 e. The van der Waals surface area contributed by atoms with E-state index in [0.717, 1.165) is 55.4 Å². The molecular formula is C39H28N6. The van der Waals surface area contributed by atoms with Crippen LogP contribution in [0.5, 0.6) is 0 Å². The van der Waals surface area contributed by atoms with Crippen molar-refractivity contribution >= 4 is 85.1 Å². The Hall–Kier alpha value is -6.10. The van der Waals surface area contributed by atoms with Gasteiger partial charge in [0.1, 0.15) is 22.8 Å². The van der Waals surface area contributed by atoms with Gasteiger partial charge >= 0.3 is 0 Å². The fraction of sp³-hybridized carbons (Fsp3) is 0.0513. The molecule has 214 valence electrons. The molecule has 2 heterocycles. The van der Waals surface area contributed by atoms with Crippen molar-refractivity contribution < 1.29 is 0 Å². The summed E-state index contributed by atoms with van der Waals surface area (Å²) in [5.74, 6) is 0. The van der Waals surface area contributed by atoms with E-state index in [4.69, 9.17) is 30.4 Å². The summed E-state index contributed by atoms with van der Waals surface area (Å²) in [5, 5.41) is 12.6. The monoisotopic (exact) mass is 580 g/mol. The average Bonchev–Trinajstić information content (AvgIpc) is 3.23. The lowest BCUT2D eigenvalue weighted by Gasteiger charge is -2.14. The average molecular weight is 581 g/mol. The molecule has 0 amide bonds. The molecule has 5 aromatic rings. The first kappa shape index (κ1) is 27.7. The van der Waals surface area contributed by atoms with Crippen LogP contribution in [0.15, 0.2) is 146 Å². The van der Waals surface area contributed by atoms with Crippen LogP contribution in [-0.4, -0.2) is 34.8 Å². The smallest absolute Gasteiger partial charge is 0.119 e. The second kappa shape index (κ2) is 11.9. The fourth-order valence-electron chi connectivity index (χ4n) is 5.56. The van der Waals surface area contributed by atoms with Crippen molar-refractivity contribution in [3.05, 3.63) is 132 Å². The fourth-order valence-corrected chi connectivity index (χ4v) is 5.56. The third-order valence-corrected chi connectivity index (χ3v) is 7.87. The van der Waals surface area contributed by atoms with Gasteiger partial charge < -0.3 is 5.41 Å². The van der Waals surface area contributed by atoms with Crippen LogP contribution in [0.2, 0.25) is 0 Å². The molecule has 2 bridgehead atoms. The van der Waals surface area contributed by atoms with Crippen molar-refractivity contribution in [2.45, 2.75) is 13.8 Å². The summed E-state index contributed by atoms with van der Waals surface area (Å²) >= 11 is 0. The maximum absolute atomic E-state index is 8.61. The lowest BCUT2D eigenvalue weighted by atomic mass is 10.0. The van der Waals surface area contributed by atoms with Gasteiger partial charge in [0.2, 0.25) is 0 Å². The van der Waals surface area contributed by atoms with Gasteiger partial charge in [-0.1, -0.05) is 72.8 Å². The molecule has 0 aliphatic carbocycles. The highest BCUT2D eigenvalue weighted by Crippen LogP contribution is 2.37. The topological polar surface area (TPSA) is 85.6 Å². The van der Waals surface area contributed by atoms with Crippen molar-refractivity contribution in [3.63, 3.8) is 0 Å². The van der Waals surface area contributed by atoms with Gasteiger partial charge in [-0.15, -0.1) is 5.73 Å². The van der Waals surface area contributed by atoms with Crippen LogP contribution in [0.4, 0.5) is 22.7 Å². The van der Waals surface area contributed by atoms with Gasteiger partial charge in [-0.3, -0.25) is 4.99 Å². The van der Waals surface area contributed by atoms with E-state index in [-0.39, 0.29) is 0 Å². The molecule has 0 atom stereocenters. The van der Waals surface area contributed by atoms with Crippen LogP contribution in [0.3, 0.4) is 0 Å². The highest BCUT2D eigenvalue weighted by Gasteiger charge is 2.27. The predicted octanol–water partition coefficient (Wildman–Crippen LogP) is 9.81. The van der Waals surface area contributed by atoms with Gasteiger partial charge in [0.25, 0.3) is 0 Å². The standard InChI is InChI=1S/C39H28N6/c1-25-27-12-4-3-7-23-41-26(2)37(43-31(25)19-8-14-27)39-38(44-33-21-10-16-29-17-11-22-34(45-39)36(29)33)35(24-40)42-32-20-9-15-28-13-5-6-18-30(28)32/h3,5-24,40H,1-2H3/b23-7+,40-24?,41-26?,42-35?,43-37?. The van der Waals surface area contributed by atoms with Crippen LogP contribution < -0.4 is 0 Å². The molecule has 0 saturated carbocycles. The maximum atomic E-state index is 8.61. The van der Waals surface area contributed by atoms with Crippen molar-refractivity contribution in [2.75, 3.05) is 0 Å². The number of hydrogen-bond donors (Lipinski definition) is 1. The molecule has 5 aromatic carbocycles. The second-order valence-electron chi connectivity index (χ2n) is 10.7. The minimum atomic E-state index is 0.364. The van der Waals surface area contributed by atoms with Crippen LogP contribution >= 0.6 is 0 Å². The van der Waals surface area contributed by atoms with Gasteiger partial charge in [-0.2, -0.15) is 0 Å². The van der Waals surface area contributed by atoms with E-state index in [1.165, 1.54) is 6.21 Å². The lowest BCUT2D eigenvalue weighted by molar-refractivity contribution is 1.38. The molecule has 1 N–H and O–H groups in total. The summed E-state index contributed by atoms with van der Waals surface area (Å²) in [5.41, 5.74) is 10.7. The van der Waals surface area contributed by atoms with Crippen LogP contribution in [-0.2, 0) is 0 Å². The molecule has 0 radical (unpaired) electrons. The summed E-state index contributed by atoms with van der Waals surface area (Å²) in [6.45, 7) is 3.96. The number of nitrogens with one attached hydrogen (secondary N) is 1. The van der Waals surface area contributed by atoms with E-state index in [0.29, 0.717) is 28.6 Å². The zero-order valence-electron chi connectivity index (χ0n) is 24.9. The van der Waals surface area contributed by atoms with Crippen molar-refractivity contribution in [1.29, 1.82) is 5.41 Å². The summed E-state index contributed by atoms with van der Waals surface area (Å²) < 4.78 is 0. The van der Waals surface area contributed by atoms with Crippen molar-refractivity contribution in [2.24, 2.45) is 25.0 Å². The number of allylic oxidation sites excluding steroid dienone is 2. The predicted molar refractivity (Wildman–Crippen MR) is 191 cm³/mol. The quantitative estimate of drug-likeness (QED) is 0.162. The summed E-state index contributed by atoms with van der Waals surface area (Å²) in [7, 11) is 0. The molecule has 7 rings (SSSR count). The Kier molecular flexibility index (Phi) is 7.32. The number of hydrogen-bond acceptors (Lipinski definition) is 6. The van der Waals surface area contributed by atoms with Crippen molar-refractivity contribution in [3.8, 4) is 0 Å². The van der Waals surface area contributed by atoms with E-state index in [1.807, 2.05) is 105 Å². The molecular weight excluding hydrogens is 552 g/mol. The zero-order valence-corrected chi connectivity index (χ0v) is 24.9. The molecule has 2 aliphatic heterocycles. The first-order valence-corrected chi connectivity index (χ1v) is 14.7. The molecule has 0 fully saturated rings. The molecule has 2 aliphatic rings. The summed E-state index contributed by atoms with van der Waals surface area (Å²) in [6, 6.07) is 32.1. The Bertz CT molecular complexity index is 2280. The van der Waals surface area contributed by atoms with Gasteiger partial charge in [-0.05, 0) is 78.2 Å². The number of fused-ring (bicyclic) bond motifs is 3. The Morgan fingerprint density at radius 2 is 1.42 bits per heavy atom. The van der Waals surface area contributed by atoms with E-state index in [2.05, 4.69) is 30.0 Å². The molecule has 45 heavy (non-hydrogen) atoms. The third-order valence-electron chi connectivity index (χ3n) is 7.87. The van der Waals surface area contributed by atoms with E-state index in [1.54, 1.807) is 6.20 Å². The zero-order chi connectivity index (χ0) is 30.8. The van der Waals surface area contributed by atoms with Crippen LogP contribution in [0.1, 0.15) is 18.1 Å². The summed E-state index contributed by atoms with van der Waals surface area (Å²) in [6.07, 6.45) is 8.58. The van der Waals surface area contributed by atoms with E-state index in [9.17, 15) is 0 Å². The Morgan fingerprint density at radius 1 is 0.733 bits per heavy atom. The van der Waals surface area contributed by atoms with Crippen molar-refractivity contribution in [1.82, 2.24) is 0 Å². The molecule has 6 heteroatoms. The number of aliphatic imine (C=N–C) groups is 5. The highest BCUT2D eigenvalue weighted by atomic mass is 14.9. The molecule has 0 spiro atoms. The van der Waals surface area contributed by atoms with E-state index < -0.39 is 0 Å². The first-order valence-electron chi connectivity index (χ1n) is 14.7. The highest BCUT2D eigenvalue weighted by molar-refractivity contribution is 6.95. The molecule has 0 saturated heterocycles. The second-order valence-corrected chi connectivity index (χ2v) is 10.7. The summed E-state index contributed by atoms with van der Waals surface area (Å²) in [4.78, 5) is 25.5.